The molecule has 0 heterocycles. The van der Waals surface area contributed by atoms with Gasteiger partial charge in [0.2, 0.25) is 5.91 Å². The monoisotopic (exact) mass is 836 g/mol. The summed E-state index contributed by atoms with van der Waals surface area (Å²) in [4.78, 5) is 12.4. The van der Waals surface area contributed by atoms with Crippen molar-refractivity contribution in [2.75, 3.05) is 13.2 Å². The van der Waals surface area contributed by atoms with Crippen LogP contribution in [0, 0.1) is 0 Å². The number of hydrogen-bond acceptors (Lipinski definition) is 4. The Kier molecular flexibility index (Phi) is 51.1. The molecule has 2 unspecified atom stereocenters. The van der Waals surface area contributed by atoms with Crippen LogP contribution in [0.1, 0.15) is 315 Å². The lowest BCUT2D eigenvalue weighted by Gasteiger charge is -2.22. The van der Waals surface area contributed by atoms with Crippen molar-refractivity contribution >= 4 is 5.91 Å². The summed E-state index contributed by atoms with van der Waals surface area (Å²) < 4.78 is 0. The van der Waals surface area contributed by atoms with E-state index in [2.05, 4.69) is 12.2 Å². The highest BCUT2D eigenvalue weighted by Gasteiger charge is 2.20. The fraction of sp³-hybridized carbons (Fsp3) is 0.981. The fourth-order valence-corrected chi connectivity index (χ4v) is 8.99. The van der Waals surface area contributed by atoms with E-state index in [4.69, 9.17) is 5.11 Å². The predicted octanol–water partition coefficient (Wildman–Crippen LogP) is 16.6. The van der Waals surface area contributed by atoms with Gasteiger partial charge in [0.1, 0.15) is 0 Å². The molecule has 0 saturated heterocycles. The topological polar surface area (TPSA) is 89.8 Å². The fourth-order valence-electron chi connectivity index (χ4n) is 8.99. The van der Waals surface area contributed by atoms with Gasteiger partial charge >= 0.3 is 0 Å². The number of aliphatic hydroxyl groups is 3. The second-order valence-electron chi connectivity index (χ2n) is 19.1. The maximum atomic E-state index is 12.4. The Hall–Kier alpha value is -0.650. The minimum Gasteiger partial charge on any atom is -0.396 e. The van der Waals surface area contributed by atoms with Crippen molar-refractivity contribution in [2.24, 2.45) is 0 Å². The van der Waals surface area contributed by atoms with E-state index >= 15 is 0 Å². The highest BCUT2D eigenvalue weighted by molar-refractivity contribution is 5.76. The van der Waals surface area contributed by atoms with Gasteiger partial charge in [0.25, 0.3) is 0 Å². The molecule has 5 nitrogen and oxygen atoms in total. The standard InChI is InChI=1S/C54H109NO4/c1-2-3-4-5-6-7-8-30-33-36-39-42-45-48-53(58)52(51-57)55-54(59)49-46-43-40-37-34-31-28-26-24-22-20-18-16-14-12-10-9-11-13-15-17-19-21-23-25-27-29-32-35-38-41-44-47-50-56/h52-53,56-58H,2-51H2,1H3,(H,55,59). The van der Waals surface area contributed by atoms with Crippen molar-refractivity contribution < 1.29 is 20.1 Å². The Labute approximate surface area is 370 Å². The van der Waals surface area contributed by atoms with Crippen LogP contribution < -0.4 is 5.32 Å². The van der Waals surface area contributed by atoms with Gasteiger partial charge in [-0.3, -0.25) is 4.79 Å². The van der Waals surface area contributed by atoms with Crippen LogP contribution in [0.5, 0.6) is 0 Å². The average molecular weight is 836 g/mol. The van der Waals surface area contributed by atoms with Crippen molar-refractivity contribution in [1.82, 2.24) is 5.32 Å². The molecule has 0 aliphatic heterocycles. The van der Waals surface area contributed by atoms with Gasteiger partial charge in [-0.25, -0.2) is 0 Å². The van der Waals surface area contributed by atoms with E-state index in [1.165, 1.54) is 263 Å². The molecule has 5 heteroatoms. The third-order valence-electron chi connectivity index (χ3n) is 13.2. The molecule has 0 rings (SSSR count). The van der Waals surface area contributed by atoms with Gasteiger partial charge in [0, 0.05) is 13.0 Å². The zero-order valence-corrected chi connectivity index (χ0v) is 40.3. The predicted molar refractivity (Wildman–Crippen MR) is 259 cm³/mol. The van der Waals surface area contributed by atoms with E-state index in [1.807, 2.05) is 0 Å². The lowest BCUT2D eigenvalue weighted by Crippen LogP contribution is -2.45. The number of unbranched alkanes of at least 4 members (excludes halogenated alkanes) is 44. The Balaban J connectivity index is 3.33. The van der Waals surface area contributed by atoms with E-state index in [9.17, 15) is 15.0 Å². The third-order valence-corrected chi connectivity index (χ3v) is 13.2. The van der Waals surface area contributed by atoms with Crippen molar-refractivity contribution in [1.29, 1.82) is 0 Å². The molecule has 0 aromatic rings. The number of amides is 1. The first-order valence-electron chi connectivity index (χ1n) is 27.3. The minimum atomic E-state index is -0.656. The van der Waals surface area contributed by atoms with E-state index in [0.717, 1.165) is 32.1 Å². The molecule has 0 radical (unpaired) electrons. The number of carbonyl (C=O) groups excluding carboxylic acids is 1. The second kappa shape index (κ2) is 51.7. The van der Waals surface area contributed by atoms with Gasteiger partial charge in [0.15, 0.2) is 0 Å². The summed E-state index contributed by atoms with van der Waals surface area (Å²) in [6.45, 7) is 2.45. The molecule has 0 aromatic heterocycles. The Morgan fingerprint density at radius 1 is 0.356 bits per heavy atom. The van der Waals surface area contributed by atoms with Gasteiger partial charge in [-0.2, -0.15) is 0 Å². The Morgan fingerprint density at radius 2 is 0.593 bits per heavy atom. The normalized spacial score (nSPS) is 12.7. The summed E-state index contributed by atoms with van der Waals surface area (Å²) in [6.07, 6.45) is 62.5. The van der Waals surface area contributed by atoms with E-state index in [-0.39, 0.29) is 12.5 Å². The number of nitrogens with one attached hydrogen (secondary N) is 1. The zero-order chi connectivity index (χ0) is 42.8. The largest absolute Gasteiger partial charge is 0.396 e. The van der Waals surface area contributed by atoms with Crippen LogP contribution in [-0.4, -0.2) is 46.6 Å². The first-order valence-corrected chi connectivity index (χ1v) is 27.3. The van der Waals surface area contributed by atoms with Crippen LogP contribution >= 0.6 is 0 Å². The van der Waals surface area contributed by atoms with Crippen LogP contribution in [0.2, 0.25) is 0 Å². The van der Waals surface area contributed by atoms with Crippen molar-refractivity contribution in [3.05, 3.63) is 0 Å². The maximum absolute atomic E-state index is 12.4. The molecule has 0 aliphatic rings. The Morgan fingerprint density at radius 3 is 0.847 bits per heavy atom. The van der Waals surface area contributed by atoms with Gasteiger partial charge < -0.3 is 20.6 Å². The van der Waals surface area contributed by atoms with Crippen LogP contribution in [0.4, 0.5) is 0 Å². The minimum absolute atomic E-state index is 0.0267. The molecular formula is C54H109NO4. The molecule has 59 heavy (non-hydrogen) atoms. The summed E-state index contributed by atoms with van der Waals surface area (Å²) in [5.74, 6) is -0.0267. The highest BCUT2D eigenvalue weighted by Crippen LogP contribution is 2.18. The molecule has 4 N–H and O–H groups in total. The third kappa shape index (κ3) is 48.2. The summed E-state index contributed by atoms with van der Waals surface area (Å²) in [5, 5.41) is 32.0. The van der Waals surface area contributed by atoms with Gasteiger partial charge in [-0.05, 0) is 19.3 Å². The summed E-state index contributed by atoms with van der Waals surface area (Å²) in [7, 11) is 0. The molecule has 0 saturated carbocycles. The van der Waals surface area contributed by atoms with E-state index in [1.54, 1.807) is 0 Å². The maximum Gasteiger partial charge on any atom is 0.220 e. The zero-order valence-electron chi connectivity index (χ0n) is 40.3. The highest BCUT2D eigenvalue weighted by atomic mass is 16.3. The smallest absolute Gasteiger partial charge is 0.220 e. The van der Waals surface area contributed by atoms with Crippen molar-refractivity contribution in [3.63, 3.8) is 0 Å². The van der Waals surface area contributed by atoms with Crippen LogP contribution in [0.25, 0.3) is 0 Å². The van der Waals surface area contributed by atoms with Crippen LogP contribution in [0.15, 0.2) is 0 Å². The number of aliphatic hydroxyl groups excluding tert-OH is 3. The van der Waals surface area contributed by atoms with Gasteiger partial charge in [-0.15, -0.1) is 0 Å². The number of carbonyl (C=O) groups is 1. The first kappa shape index (κ1) is 58.4. The molecule has 1 amide bonds. The Bertz CT molecular complexity index is 777. The molecule has 0 aliphatic carbocycles. The number of rotatable bonds is 52. The lowest BCUT2D eigenvalue weighted by molar-refractivity contribution is -0.123. The van der Waals surface area contributed by atoms with Crippen molar-refractivity contribution in [3.8, 4) is 0 Å². The summed E-state index contributed by atoms with van der Waals surface area (Å²) in [5.41, 5.74) is 0. The average Bonchev–Trinajstić information content (AvgIpc) is 3.24. The lowest BCUT2D eigenvalue weighted by atomic mass is 10.0. The summed E-state index contributed by atoms with van der Waals surface area (Å²) in [6, 6.07) is -0.532. The second-order valence-corrected chi connectivity index (χ2v) is 19.1. The quantitative estimate of drug-likeness (QED) is 0.0460. The molecule has 2 atom stereocenters. The molecule has 0 aromatic carbocycles. The van der Waals surface area contributed by atoms with Crippen LogP contribution in [-0.2, 0) is 4.79 Å². The SMILES string of the molecule is CCCCCCCCCCCCCCCC(O)C(CO)NC(=O)CCCCCCCCCCCCCCCCCCCCCCCCCCCCCCCCCCCO. The number of hydrogen-bond donors (Lipinski definition) is 4. The molecule has 354 valence electrons. The van der Waals surface area contributed by atoms with Gasteiger partial charge in [0.05, 0.1) is 18.8 Å². The first-order chi connectivity index (χ1) is 29.2. The molecular weight excluding hydrogens is 727 g/mol. The molecule has 0 fully saturated rings. The van der Waals surface area contributed by atoms with E-state index in [0.29, 0.717) is 19.4 Å². The van der Waals surface area contributed by atoms with Gasteiger partial charge in [-0.1, -0.05) is 289 Å². The molecule has 0 spiro atoms. The van der Waals surface area contributed by atoms with Crippen molar-refractivity contribution in [2.45, 2.75) is 327 Å². The van der Waals surface area contributed by atoms with Crippen LogP contribution in [0.3, 0.4) is 0 Å². The summed E-state index contributed by atoms with van der Waals surface area (Å²) >= 11 is 0. The molecule has 0 bridgehead atoms. The van der Waals surface area contributed by atoms with E-state index < -0.39 is 12.1 Å².